The molecule has 0 aliphatic heterocycles. The van der Waals surface area contributed by atoms with Gasteiger partial charge in [0, 0.05) is 29.7 Å². The smallest absolute Gasteiger partial charge is 0.321 e. The van der Waals surface area contributed by atoms with Crippen LogP contribution in [-0.4, -0.2) is 33.6 Å². The molecule has 0 aliphatic rings. The fourth-order valence-corrected chi connectivity index (χ4v) is 2.41. The van der Waals surface area contributed by atoms with Gasteiger partial charge in [0.15, 0.2) is 0 Å². The number of carbonyl (C=O) groups excluding carboxylic acids is 1. The molecule has 1 atom stereocenters. The lowest BCUT2D eigenvalue weighted by Gasteiger charge is -2.22. The molecule has 1 heterocycles. The molecule has 2 rings (SSSR count). The van der Waals surface area contributed by atoms with Crippen molar-refractivity contribution in [2.75, 3.05) is 18.4 Å². The number of benzene rings is 1. The second-order valence-corrected chi connectivity index (χ2v) is 5.48. The van der Waals surface area contributed by atoms with Gasteiger partial charge in [0.05, 0.1) is 12.0 Å². The van der Waals surface area contributed by atoms with Crippen molar-refractivity contribution in [2.24, 2.45) is 5.92 Å². The van der Waals surface area contributed by atoms with E-state index >= 15 is 0 Å². The largest absolute Gasteiger partial charge is 0.324 e. The average Bonchev–Trinajstić information content (AvgIpc) is 3.07. The number of amides is 2. The molecule has 0 fully saturated rings. The number of hydrogen-bond acceptors (Lipinski definition) is 5. The molecule has 0 aliphatic carbocycles. The maximum atomic E-state index is 12.2. The van der Waals surface area contributed by atoms with Gasteiger partial charge in [-0.25, -0.2) is 4.79 Å². The SMILES string of the molecule is CCN(CC(C)C#N)C(=O)Nc1ccc(-c2csnn2)cc1. The molecule has 2 aromatic rings. The third-order valence-electron chi connectivity index (χ3n) is 3.18. The highest BCUT2D eigenvalue weighted by Gasteiger charge is 2.14. The Morgan fingerprint density at radius 1 is 1.45 bits per heavy atom. The van der Waals surface area contributed by atoms with E-state index in [0.717, 1.165) is 11.3 Å². The normalized spacial score (nSPS) is 11.5. The van der Waals surface area contributed by atoms with Crippen molar-refractivity contribution in [3.63, 3.8) is 0 Å². The standard InChI is InChI=1S/C15H17N5OS/c1-3-20(9-11(2)8-16)15(21)17-13-6-4-12(5-7-13)14-10-22-19-18-14/h4-7,10-11H,3,9H2,1-2H3,(H,17,21). The first-order valence-corrected chi connectivity index (χ1v) is 7.80. The zero-order valence-electron chi connectivity index (χ0n) is 12.5. The number of aromatic nitrogens is 2. The van der Waals surface area contributed by atoms with Gasteiger partial charge < -0.3 is 10.2 Å². The summed E-state index contributed by atoms with van der Waals surface area (Å²) in [5.74, 6) is -0.190. The Morgan fingerprint density at radius 3 is 2.73 bits per heavy atom. The van der Waals surface area contributed by atoms with Crippen LogP contribution in [0.15, 0.2) is 29.6 Å². The highest BCUT2D eigenvalue weighted by Crippen LogP contribution is 2.20. The van der Waals surface area contributed by atoms with Crippen LogP contribution in [0.2, 0.25) is 0 Å². The Bertz CT molecular complexity index is 648. The second kappa shape index (κ2) is 7.52. The van der Waals surface area contributed by atoms with Gasteiger partial charge >= 0.3 is 6.03 Å². The van der Waals surface area contributed by atoms with Crippen LogP contribution in [0.5, 0.6) is 0 Å². The van der Waals surface area contributed by atoms with E-state index in [1.54, 1.807) is 11.8 Å². The molecule has 7 heteroatoms. The lowest BCUT2D eigenvalue weighted by atomic mass is 10.1. The minimum Gasteiger partial charge on any atom is -0.324 e. The van der Waals surface area contributed by atoms with E-state index in [1.807, 2.05) is 36.6 Å². The van der Waals surface area contributed by atoms with Gasteiger partial charge in [-0.1, -0.05) is 16.6 Å². The van der Waals surface area contributed by atoms with Gasteiger partial charge in [-0.2, -0.15) is 5.26 Å². The van der Waals surface area contributed by atoms with Crippen molar-refractivity contribution < 1.29 is 4.79 Å². The van der Waals surface area contributed by atoms with Crippen LogP contribution in [0.1, 0.15) is 13.8 Å². The zero-order valence-corrected chi connectivity index (χ0v) is 13.3. The fourth-order valence-electron chi connectivity index (χ4n) is 1.94. The number of nitrogens with one attached hydrogen (secondary N) is 1. The summed E-state index contributed by atoms with van der Waals surface area (Å²) in [6, 6.07) is 9.37. The molecule has 1 aromatic heterocycles. The molecule has 1 aromatic carbocycles. The predicted octanol–water partition coefficient (Wildman–Crippen LogP) is 3.22. The van der Waals surface area contributed by atoms with Crippen molar-refractivity contribution in [3.05, 3.63) is 29.6 Å². The molecule has 22 heavy (non-hydrogen) atoms. The van der Waals surface area contributed by atoms with E-state index in [2.05, 4.69) is 21.0 Å². The molecule has 0 bridgehead atoms. The molecular weight excluding hydrogens is 298 g/mol. The lowest BCUT2D eigenvalue weighted by molar-refractivity contribution is 0.210. The molecule has 6 nitrogen and oxygen atoms in total. The minimum absolute atomic E-state index is 0.190. The first kappa shape index (κ1) is 15.9. The van der Waals surface area contributed by atoms with E-state index in [4.69, 9.17) is 5.26 Å². The van der Waals surface area contributed by atoms with Crippen molar-refractivity contribution >= 4 is 23.3 Å². The highest BCUT2D eigenvalue weighted by molar-refractivity contribution is 7.03. The van der Waals surface area contributed by atoms with Crippen LogP contribution >= 0.6 is 11.5 Å². The Morgan fingerprint density at radius 2 is 2.18 bits per heavy atom. The maximum absolute atomic E-state index is 12.2. The molecule has 0 saturated heterocycles. The zero-order chi connectivity index (χ0) is 15.9. The quantitative estimate of drug-likeness (QED) is 0.918. The van der Waals surface area contributed by atoms with Crippen molar-refractivity contribution in [1.82, 2.24) is 14.5 Å². The van der Waals surface area contributed by atoms with E-state index in [9.17, 15) is 4.79 Å². The van der Waals surface area contributed by atoms with Gasteiger partial charge in [0.25, 0.3) is 0 Å². The summed E-state index contributed by atoms with van der Waals surface area (Å²) in [7, 11) is 0. The molecule has 1 unspecified atom stereocenters. The van der Waals surface area contributed by atoms with Gasteiger partial charge in [0.2, 0.25) is 0 Å². The second-order valence-electron chi connectivity index (χ2n) is 4.87. The van der Waals surface area contributed by atoms with Crippen molar-refractivity contribution in [2.45, 2.75) is 13.8 Å². The van der Waals surface area contributed by atoms with Gasteiger partial charge in [-0.3, -0.25) is 0 Å². The van der Waals surface area contributed by atoms with Crippen molar-refractivity contribution in [1.29, 1.82) is 5.26 Å². The van der Waals surface area contributed by atoms with Gasteiger partial charge in [-0.15, -0.1) is 5.10 Å². The molecule has 114 valence electrons. The Hall–Kier alpha value is -2.46. The number of anilines is 1. The van der Waals surface area contributed by atoms with E-state index in [-0.39, 0.29) is 11.9 Å². The van der Waals surface area contributed by atoms with Crippen LogP contribution in [0.3, 0.4) is 0 Å². The molecule has 0 spiro atoms. The third-order valence-corrected chi connectivity index (χ3v) is 3.68. The minimum atomic E-state index is -0.201. The lowest BCUT2D eigenvalue weighted by Crippen LogP contribution is -2.37. The number of carbonyl (C=O) groups is 1. The summed E-state index contributed by atoms with van der Waals surface area (Å²) in [6.45, 7) is 4.66. The number of nitrogens with zero attached hydrogens (tertiary/aromatic N) is 4. The first-order valence-electron chi connectivity index (χ1n) is 6.97. The van der Waals surface area contributed by atoms with Gasteiger partial charge in [-0.05, 0) is 37.5 Å². The first-order chi connectivity index (χ1) is 10.6. The summed E-state index contributed by atoms with van der Waals surface area (Å²) in [5.41, 5.74) is 2.48. The van der Waals surface area contributed by atoms with Gasteiger partial charge in [0.1, 0.15) is 5.69 Å². The Balaban J connectivity index is 2.00. The summed E-state index contributed by atoms with van der Waals surface area (Å²) >= 11 is 1.30. The summed E-state index contributed by atoms with van der Waals surface area (Å²) in [5, 5.41) is 17.6. The molecule has 1 N–H and O–H groups in total. The van der Waals surface area contributed by atoms with E-state index in [1.165, 1.54) is 11.5 Å². The van der Waals surface area contributed by atoms with Crippen LogP contribution in [0.25, 0.3) is 11.3 Å². The van der Waals surface area contributed by atoms with Crippen LogP contribution in [0.4, 0.5) is 10.5 Å². The van der Waals surface area contributed by atoms with Crippen molar-refractivity contribution in [3.8, 4) is 17.3 Å². The highest BCUT2D eigenvalue weighted by atomic mass is 32.1. The maximum Gasteiger partial charge on any atom is 0.321 e. The molecule has 0 radical (unpaired) electrons. The number of rotatable bonds is 5. The monoisotopic (exact) mass is 315 g/mol. The molecule has 0 saturated carbocycles. The fraction of sp³-hybridized carbons (Fsp3) is 0.333. The van der Waals surface area contributed by atoms with Crippen LogP contribution in [0, 0.1) is 17.2 Å². The van der Waals surface area contributed by atoms with E-state index in [0.29, 0.717) is 18.8 Å². The average molecular weight is 315 g/mol. The number of nitriles is 1. The summed E-state index contributed by atoms with van der Waals surface area (Å²) < 4.78 is 3.83. The third kappa shape index (κ3) is 4.02. The Labute approximate surface area is 133 Å². The number of hydrogen-bond donors (Lipinski definition) is 1. The molecule has 2 amide bonds. The van der Waals surface area contributed by atoms with E-state index < -0.39 is 0 Å². The van der Waals surface area contributed by atoms with Crippen LogP contribution < -0.4 is 5.32 Å². The van der Waals surface area contributed by atoms with Crippen LogP contribution in [-0.2, 0) is 0 Å². The predicted molar refractivity (Wildman–Crippen MR) is 86.4 cm³/mol. The summed E-state index contributed by atoms with van der Waals surface area (Å²) in [6.07, 6.45) is 0. The Kier molecular flexibility index (Phi) is 5.44. The summed E-state index contributed by atoms with van der Waals surface area (Å²) in [4.78, 5) is 13.8. The topological polar surface area (TPSA) is 81.9 Å². The molecular formula is C15H17N5OS. The number of urea groups is 1.